The number of likely N-dealkylation sites (N-methyl/N-ethyl adjacent to an activating group) is 1. The fourth-order valence-corrected chi connectivity index (χ4v) is 0.756. The van der Waals surface area contributed by atoms with Crippen LogP contribution in [0.2, 0.25) is 0 Å². The second-order valence-electron chi connectivity index (χ2n) is 2.59. The van der Waals surface area contributed by atoms with Crippen LogP contribution in [0.1, 0.15) is 0 Å². The molecular formula is C7H17NO3. The summed E-state index contributed by atoms with van der Waals surface area (Å²) < 4.78 is 4.84. The van der Waals surface area contributed by atoms with Crippen LogP contribution in [-0.2, 0) is 4.74 Å². The van der Waals surface area contributed by atoms with Crippen molar-refractivity contribution in [3.8, 4) is 0 Å². The van der Waals surface area contributed by atoms with Crippen LogP contribution in [0.3, 0.4) is 0 Å². The van der Waals surface area contributed by atoms with Crippen molar-refractivity contribution in [2.75, 3.05) is 40.5 Å². The number of ether oxygens (including phenoxy) is 1. The molecule has 0 spiro atoms. The van der Waals surface area contributed by atoms with Gasteiger partial charge in [-0.2, -0.15) is 0 Å². The van der Waals surface area contributed by atoms with E-state index in [2.05, 4.69) is 0 Å². The van der Waals surface area contributed by atoms with E-state index in [4.69, 9.17) is 14.9 Å². The molecule has 0 aromatic carbocycles. The van der Waals surface area contributed by atoms with Gasteiger partial charge < -0.3 is 19.8 Å². The topological polar surface area (TPSA) is 52.9 Å². The van der Waals surface area contributed by atoms with Gasteiger partial charge in [0.15, 0.2) is 0 Å². The third-order valence-corrected chi connectivity index (χ3v) is 1.41. The van der Waals surface area contributed by atoms with Crippen molar-refractivity contribution in [1.29, 1.82) is 0 Å². The monoisotopic (exact) mass is 163 g/mol. The van der Waals surface area contributed by atoms with Crippen molar-refractivity contribution in [2.24, 2.45) is 0 Å². The predicted molar refractivity (Wildman–Crippen MR) is 42.5 cm³/mol. The van der Waals surface area contributed by atoms with Gasteiger partial charge in [0.05, 0.1) is 19.3 Å². The summed E-state index contributed by atoms with van der Waals surface area (Å²) in [4.78, 5) is 1.91. The summed E-state index contributed by atoms with van der Waals surface area (Å²) >= 11 is 0. The molecule has 0 heterocycles. The molecule has 0 aliphatic carbocycles. The molecule has 0 aliphatic heterocycles. The Bertz CT molecular complexity index is 89.8. The van der Waals surface area contributed by atoms with Gasteiger partial charge in [-0.05, 0) is 7.05 Å². The highest BCUT2D eigenvalue weighted by Crippen LogP contribution is 1.87. The van der Waals surface area contributed by atoms with E-state index in [0.717, 1.165) is 6.54 Å². The van der Waals surface area contributed by atoms with E-state index < -0.39 is 6.10 Å². The highest BCUT2D eigenvalue weighted by atomic mass is 16.5. The number of hydrogen-bond acceptors (Lipinski definition) is 4. The van der Waals surface area contributed by atoms with Crippen LogP contribution in [0, 0.1) is 0 Å². The van der Waals surface area contributed by atoms with E-state index in [1.165, 1.54) is 0 Å². The van der Waals surface area contributed by atoms with Gasteiger partial charge >= 0.3 is 0 Å². The fraction of sp³-hybridized carbons (Fsp3) is 1.00. The molecule has 0 radical (unpaired) electrons. The minimum atomic E-state index is -0.642. The maximum atomic E-state index is 9.00. The van der Waals surface area contributed by atoms with Gasteiger partial charge in [0.25, 0.3) is 0 Å². The van der Waals surface area contributed by atoms with Crippen molar-refractivity contribution in [2.45, 2.75) is 6.10 Å². The molecule has 0 aromatic rings. The molecule has 1 atom stereocenters. The summed E-state index contributed by atoms with van der Waals surface area (Å²) in [5.74, 6) is 0. The molecule has 4 nitrogen and oxygen atoms in total. The SMILES string of the molecule is COCCN(C)CC(O)CO. The molecule has 0 amide bonds. The van der Waals surface area contributed by atoms with Gasteiger partial charge in [0.1, 0.15) is 0 Å². The largest absolute Gasteiger partial charge is 0.394 e. The lowest BCUT2D eigenvalue weighted by atomic mass is 10.3. The van der Waals surface area contributed by atoms with E-state index in [-0.39, 0.29) is 6.61 Å². The Morgan fingerprint density at radius 3 is 2.64 bits per heavy atom. The van der Waals surface area contributed by atoms with Crippen molar-refractivity contribution in [3.63, 3.8) is 0 Å². The second kappa shape index (κ2) is 6.54. The lowest BCUT2D eigenvalue weighted by molar-refractivity contribution is 0.0585. The van der Waals surface area contributed by atoms with Gasteiger partial charge in [-0.25, -0.2) is 0 Å². The predicted octanol–water partition coefficient (Wildman–Crippen LogP) is -1.08. The van der Waals surface area contributed by atoms with E-state index in [1.54, 1.807) is 7.11 Å². The Balaban J connectivity index is 3.27. The van der Waals surface area contributed by atoms with Crippen LogP contribution in [-0.4, -0.2) is 61.7 Å². The zero-order valence-electron chi connectivity index (χ0n) is 7.16. The molecule has 11 heavy (non-hydrogen) atoms. The second-order valence-corrected chi connectivity index (χ2v) is 2.59. The van der Waals surface area contributed by atoms with Crippen LogP contribution >= 0.6 is 0 Å². The molecule has 0 aromatic heterocycles. The fourth-order valence-electron chi connectivity index (χ4n) is 0.756. The lowest BCUT2D eigenvalue weighted by Crippen LogP contribution is -2.33. The van der Waals surface area contributed by atoms with Gasteiger partial charge in [0.2, 0.25) is 0 Å². The Hall–Kier alpha value is -0.160. The summed E-state index contributed by atoms with van der Waals surface area (Å²) in [5, 5.41) is 17.5. The van der Waals surface area contributed by atoms with E-state index in [9.17, 15) is 0 Å². The average Bonchev–Trinajstić information content (AvgIpc) is 2.00. The smallest absolute Gasteiger partial charge is 0.0897 e. The summed E-state index contributed by atoms with van der Waals surface area (Å²) in [6.07, 6.45) is -0.642. The van der Waals surface area contributed by atoms with Crippen molar-refractivity contribution < 1.29 is 14.9 Å². The molecule has 0 saturated carbocycles. The maximum Gasteiger partial charge on any atom is 0.0897 e. The van der Waals surface area contributed by atoms with E-state index >= 15 is 0 Å². The van der Waals surface area contributed by atoms with Gasteiger partial charge in [-0.1, -0.05) is 0 Å². The molecule has 0 saturated heterocycles. The number of nitrogens with zero attached hydrogens (tertiary/aromatic N) is 1. The summed E-state index contributed by atoms with van der Waals surface area (Å²) in [7, 11) is 3.51. The Kier molecular flexibility index (Phi) is 6.45. The van der Waals surface area contributed by atoms with Gasteiger partial charge in [-0.3, -0.25) is 0 Å². The molecule has 2 N–H and O–H groups in total. The van der Waals surface area contributed by atoms with Gasteiger partial charge in [0, 0.05) is 20.2 Å². The molecule has 0 fully saturated rings. The van der Waals surface area contributed by atoms with Crippen molar-refractivity contribution in [3.05, 3.63) is 0 Å². The zero-order valence-corrected chi connectivity index (χ0v) is 7.16. The molecule has 0 bridgehead atoms. The van der Waals surface area contributed by atoms with E-state index in [0.29, 0.717) is 13.2 Å². The first-order valence-corrected chi connectivity index (χ1v) is 3.67. The minimum Gasteiger partial charge on any atom is -0.394 e. The van der Waals surface area contributed by atoms with Crippen LogP contribution in [0.5, 0.6) is 0 Å². The molecule has 0 rings (SSSR count). The first-order chi connectivity index (χ1) is 5.20. The van der Waals surface area contributed by atoms with Crippen LogP contribution < -0.4 is 0 Å². The maximum absolute atomic E-state index is 9.00. The first-order valence-electron chi connectivity index (χ1n) is 3.67. The summed E-state index contributed by atoms with van der Waals surface area (Å²) in [5.41, 5.74) is 0. The lowest BCUT2D eigenvalue weighted by Gasteiger charge is -2.18. The van der Waals surface area contributed by atoms with Crippen molar-refractivity contribution >= 4 is 0 Å². The quantitative estimate of drug-likeness (QED) is 0.523. The molecule has 0 aliphatic rings. The number of hydrogen-bond donors (Lipinski definition) is 2. The first kappa shape index (κ1) is 10.8. The third-order valence-electron chi connectivity index (χ3n) is 1.41. The number of aliphatic hydroxyl groups is 2. The van der Waals surface area contributed by atoms with E-state index in [1.807, 2.05) is 11.9 Å². The summed E-state index contributed by atoms with van der Waals surface area (Å²) in [6.45, 7) is 1.72. The average molecular weight is 163 g/mol. The minimum absolute atomic E-state index is 0.183. The number of rotatable bonds is 6. The van der Waals surface area contributed by atoms with Crippen LogP contribution in [0.15, 0.2) is 0 Å². The summed E-state index contributed by atoms with van der Waals surface area (Å²) in [6, 6.07) is 0. The highest BCUT2D eigenvalue weighted by Gasteiger charge is 2.05. The van der Waals surface area contributed by atoms with Crippen LogP contribution in [0.4, 0.5) is 0 Å². The molecule has 68 valence electrons. The van der Waals surface area contributed by atoms with Crippen LogP contribution in [0.25, 0.3) is 0 Å². The standard InChI is InChI=1S/C7H17NO3/c1-8(3-4-11-2)5-7(10)6-9/h7,9-10H,3-6H2,1-2H3. The Labute approximate surface area is 67.4 Å². The third kappa shape index (κ3) is 6.25. The number of methoxy groups -OCH3 is 1. The normalized spacial score (nSPS) is 13.9. The molecular weight excluding hydrogens is 146 g/mol. The Morgan fingerprint density at radius 2 is 2.18 bits per heavy atom. The molecule has 4 heteroatoms. The zero-order chi connectivity index (χ0) is 8.69. The molecule has 1 unspecified atom stereocenters. The van der Waals surface area contributed by atoms with Gasteiger partial charge in [-0.15, -0.1) is 0 Å². The Morgan fingerprint density at radius 1 is 1.55 bits per heavy atom. The number of aliphatic hydroxyl groups excluding tert-OH is 2. The highest BCUT2D eigenvalue weighted by molar-refractivity contribution is 4.58. The van der Waals surface area contributed by atoms with Crippen molar-refractivity contribution in [1.82, 2.24) is 4.90 Å².